The Kier molecular flexibility index (Phi) is 11.3. The number of benzene rings is 4. The molecule has 5 heteroatoms. The van der Waals surface area contributed by atoms with Gasteiger partial charge in [-0.1, -0.05) is 74.2 Å². The fourth-order valence-corrected chi connectivity index (χ4v) is 8.90. The van der Waals surface area contributed by atoms with Crippen molar-refractivity contribution >= 4 is 49.2 Å². The fourth-order valence-electron chi connectivity index (χ4n) is 5.54. The van der Waals surface area contributed by atoms with Crippen LogP contribution < -0.4 is 4.40 Å². The van der Waals surface area contributed by atoms with E-state index in [2.05, 4.69) is 134 Å². The van der Waals surface area contributed by atoms with Crippen molar-refractivity contribution in [3.8, 4) is 33.6 Å². The number of nitrogens with zero attached hydrogens (tertiary/aromatic N) is 2. The number of aromatic nitrogens is 2. The SMILES string of the molecule is CC(C)C(C)c1ccnc(-c2[c-]ccc3c2sc2ccc(-c4ccccc4)cc23)c1.[CH3][Ge]([CH3])([CH3])[c]1ccc(-c2[c-]cccc2)nc1.[Ir]. The van der Waals surface area contributed by atoms with Crippen LogP contribution in [0.2, 0.25) is 17.3 Å². The van der Waals surface area contributed by atoms with E-state index in [-0.39, 0.29) is 20.1 Å². The third-order valence-electron chi connectivity index (χ3n) is 8.72. The van der Waals surface area contributed by atoms with Crippen LogP contribution in [0.1, 0.15) is 32.3 Å². The average molecular weight is 870 g/mol. The maximum absolute atomic E-state index is 4.71. The minimum absolute atomic E-state index is 0. The zero-order valence-electron chi connectivity index (χ0n) is 27.8. The second-order valence-electron chi connectivity index (χ2n) is 13.2. The van der Waals surface area contributed by atoms with Gasteiger partial charge in [0.05, 0.1) is 0 Å². The molecular weight excluding hydrogens is 829 g/mol. The molecule has 4 aromatic carbocycles. The summed E-state index contributed by atoms with van der Waals surface area (Å²) >= 11 is 0.120. The van der Waals surface area contributed by atoms with Gasteiger partial charge in [-0.05, 0) is 56.9 Å². The Balaban J connectivity index is 0.000000217. The fraction of sp³-hybridized carbons (Fsp3) is 0.190. The molecule has 2 nitrogen and oxygen atoms in total. The molecule has 3 aromatic heterocycles. The van der Waals surface area contributed by atoms with Crippen LogP contribution >= 0.6 is 11.3 Å². The molecule has 0 saturated heterocycles. The number of pyridine rings is 2. The summed E-state index contributed by atoms with van der Waals surface area (Å²) in [4.78, 5) is 9.24. The second-order valence-corrected chi connectivity index (χ2v) is 24.9. The van der Waals surface area contributed by atoms with E-state index in [4.69, 9.17) is 4.98 Å². The van der Waals surface area contributed by atoms with Gasteiger partial charge in [0, 0.05) is 31.0 Å². The van der Waals surface area contributed by atoms with E-state index in [0.717, 1.165) is 22.5 Å². The molecule has 0 N–H and O–H groups in total. The number of hydrogen-bond acceptors (Lipinski definition) is 3. The van der Waals surface area contributed by atoms with Crippen LogP contribution in [0, 0.1) is 18.1 Å². The van der Waals surface area contributed by atoms with Crippen molar-refractivity contribution in [2.75, 3.05) is 0 Å². The van der Waals surface area contributed by atoms with E-state index in [1.54, 1.807) is 0 Å². The van der Waals surface area contributed by atoms with Gasteiger partial charge in [0.1, 0.15) is 0 Å². The van der Waals surface area contributed by atoms with E-state index in [1.165, 1.54) is 41.3 Å². The maximum Gasteiger partial charge on any atom is 0 e. The Morgan fingerprint density at radius 2 is 1.47 bits per heavy atom. The first-order valence-electron chi connectivity index (χ1n) is 16.0. The summed E-state index contributed by atoms with van der Waals surface area (Å²) in [5.74, 6) is 8.24. The molecule has 0 spiro atoms. The van der Waals surface area contributed by atoms with Crippen molar-refractivity contribution in [3.05, 3.63) is 139 Å². The topological polar surface area (TPSA) is 25.8 Å². The van der Waals surface area contributed by atoms with Gasteiger partial charge < -0.3 is 4.98 Å². The Labute approximate surface area is 300 Å². The Hall–Kier alpha value is -3.41. The molecule has 0 aliphatic carbocycles. The quantitative estimate of drug-likeness (QED) is 0.123. The predicted octanol–water partition coefficient (Wildman–Crippen LogP) is 11.4. The first-order valence-corrected chi connectivity index (χ1v) is 24.2. The van der Waals surface area contributed by atoms with Crippen molar-refractivity contribution in [3.63, 3.8) is 0 Å². The van der Waals surface area contributed by atoms with E-state index in [0.29, 0.717) is 11.8 Å². The van der Waals surface area contributed by atoms with Crippen molar-refractivity contribution < 1.29 is 20.1 Å². The Morgan fingerprint density at radius 3 is 2.15 bits per heavy atom. The molecule has 0 saturated carbocycles. The van der Waals surface area contributed by atoms with E-state index >= 15 is 0 Å². The summed E-state index contributed by atoms with van der Waals surface area (Å²) in [5.41, 5.74) is 8.04. The third-order valence-corrected chi connectivity index (χ3v) is 14.2. The summed E-state index contributed by atoms with van der Waals surface area (Å²) in [6.07, 6.45) is 3.98. The van der Waals surface area contributed by atoms with Gasteiger partial charge in [0.2, 0.25) is 0 Å². The standard InChI is InChI=1S/C28H24NS.C14H16GeN.Ir/c1-18(2)19(3)21-14-15-29-26(17-21)24-11-7-10-23-25-16-22(20-8-5-4-6-9-20)12-13-27(25)30-28(23)24;1-15(2,3)13-9-10-14(16-11-13)12-7-5-4-6-8-12;/h4-10,12-19H,1-3H3;4-7,9-11H,1-3H3;/q2*-1;. The molecule has 7 rings (SSSR count). The minimum atomic E-state index is -1.72. The number of thiophene rings is 1. The Morgan fingerprint density at radius 1 is 0.681 bits per heavy atom. The van der Waals surface area contributed by atoms with Gasteiger partial charge >= 0.3 is 99.8 Å². The smallest absolute Gasteiger partial charge is 0 e. The van der Waals surface area contributed by atoms with E-state index < -0.39 is 13.3 Å². The molecular formula is C42H40GeIrN2S-2. The molecule has 1 radical (unpaired) electrons. The molecule has 1 unspecified atom stereocenters. The molecule has 0 aliphatic heterocycles. The minimum Gasteiger partial charge on any atom is 0 e. The number of rotatable bonds is 6. The number of fused-ring (bicyclic) bond motifs is 3. The predicted molar refractivity (Wildman–Crippen MR) is 202 cm³/mol. The van der Waals surface area contributed by atoms with Gasteiger partial charge in [-0.25, -0.2) is 0 Å². The van der Waals surface area contributed by atoms with Crippen LogP contribution in [-0.4, -0.2) is 23.2 Å². The largest absolute Gasteiger partial charge is 0 e. The van der Waals surface area contributed by atoms with Crippen LogP contribution in [0.4, 0.5) is 0 Å². The van der Waals surface area contributed by atoms with E-state index in [1.807, 2.05) is 54.1 Å². The normalized spacial score (nSPS) is 12.0. The first-order chi connectivity index (χ1) is 22.2. The monoisotopic (exact) mass is 871 g/mol. The molecule has 0 fully saturated rings. The summed E-state index contributed by atoms with van der Waals surface area (Å²) < 4.78 is 4.01. The summed E-state index contributed by atoms with van der Waals surface area (Å²) in [6, 6.07) is 44.9. The molecule has 0 amide bonds. The van der Waals surface area contributed by atoms with Gasteiger partial charge in [-0.2, -0.15) is 11.3 Å². The zero-order valence-corrected chi connectivity index (χ0v) is 33.1. The van der Waals surface area contributed by atoms with Crippen LogP contribution in [0.25, 0.3) is 53.8 Å². The van der Waals surface area contributed by atoms with Crippen molar-refractivity contribution in [1.29, 1.82) is 0 Å². The molecule has 47 heavy (non-hydrogen) atoms. The summed E-state index contributed by atoms with van der Waals surface area (Å²) in [6.45, 7) is 6.83. The third kappa shape index (κ3) is 8.01. The molecule has 0 aliphatic rings. The van der Waals surface area contributed by atoms with Crippen molar-refractivity contribution in [2.45, 2.75) is 44.0 Å². The molecule has 7 aromatic rings. The Bertz CT molecular complexity index is 2060. The first kappa shape index (κ1) is 34.9. The molecule has 239 valence electrons. The van der Waals surface area contributed by atoms with Crippen molar-refractivity contribution in [2.24, 2.45) is 5.92 Å². The van der Waals surface area contributed by atoms with E-state index in [9.17, 15) is 0 Å². The average Bonchev–Trinajstić information content (AvgIpc) is 3.47. The molecule has 1 atom stereocenters. The molecule has 3 heterocycles. The van der Waals surface area contributed by atoms with Gasteiger partial charge in [0.25, 0.3) is 0 Å². The molecule has 0 bridgehead atoms. The summed E-state index contributed by atoms with van der Waals surface area (Å²) in [5, 5.41) is 2.59. The van der Waals surface area contributed by atoms with Crippen LogP contribution in [0.5, 0.6) is 0 Å². The van der Waals surface area contributed by atoms with Crippen LogP contribution in [0.15, 0.2) is 122 Å². The van der Waals surface area contributed by atoms with Crippen molar-refractivity contribution in [1.82, 2.24) is 9.97 Å². The number of hydrogen-bond donors (Lipinski definition) is 0. The summed E-state index contributed by atoms with van der Waals surface area (Å²) in [7, 11) is 0. The second kappa shape index (κ2) is 15.2. The van der Waals surface area contributed by atoms with Gasteiger partial charge in [-0.3, -0.25) is 0 Å². The zero-order chi connectivity index (χ0) is 32.3. The van der Waals surface area contributed by atoms with Gasteiger partial charge in [0.15, 0.2) is 0 Å². The maximum atomic E-state index is 4.71. The van der Waals surface area contributed by atoms with Crippen LogP contribution in [-0.2, 0) is 20.1 Å². The van der Waals surface area contributed by atoms with Gasteiger partial charge in [-0.15, -0.1) is 23.8 Å². The van der Waals surface area contributed by atoms with Crippen LogP contribution in [0.3, 0.4) is 0 Å².